The van der Waals surface area contributed by atoms with Crippen molar-refractivity contribution in [1.82, 2.24) is 31.5 Å². The van der Waals surface area contributed by atoms with E-state index in [0.29, 0.717) is 0 Å². The molecule has 3 aliphatic rings. The van der Waals surface area contributed by atoms with Gasteiger partial charge in [-0.1, -0.05) is 6.92 Å². The number of amides is 6. The Hall–Kier alpha value is -5.97. The molecule has 0 radical (unpaired) electrons. The summed E-state index contributed by atoms with van der Waals surface area (Å²) >= 11 is 0. The Morgan fingerprint density at radius 3 is 1.49 bits per heavy atom. The zero-order valence-corrected chi connectivity index (χ0v) is 52.0. The molecule has 6 N–H and O–H groups in total. The Bertz CT molecular complexity index is 2230. The van der Waals surface area contributed by atoms with Gasteiger partial charge in [-0.15, -0.1) is 0 Å². The number of aliphatic hydroxyl groups is 1. The minimum atomic E-state index is -2.03. The second kappa shape index (κ2) is 29.7. The van der Waals surface area contributed by atoms with Gasteiger partial charge in [0.05, 0.1) is 30.3 Å². The van der Waals surface area contributed by atoms with E-state index >= 15 is 0 Å². The maximum Gasteiger partial charge on any atom is 0.410 e. The lowest BCUT2D eigenvalue weighted by Gasteiger charge is -2.50. The number of rotatable bonds is 18. The highest BCUT2D eigenvalue weighted by atomic mass is 16.7. The SMILES string of the molecule is CCC1O[C@@H](O[C@H]2C(O)C(O[C@@H]3OC(CN(C)C(=O)OC(C)(C)C)CCC3NC(=O)OC(C)(C)C)[C@@H](NC(=O)OC(C)(C)C)C[C@H]2NC(=O)[C@H](CCNC(=O)OC(C)(C)C)OC(C)=O)C(OC(C)=O)[C@@H](NC(=O)OC(C)(C)C)[C@H]1OC(C)=O. The Balaban J connectivity index is 2.33. The molecule has 0 bridgehead atoms. The smallest absolute Gasteiger partial charge is 0.410 e. The molecule has 3 rings (SSSR count). The summed E-state index contributed by atoms with van der Waals surface area (Å²) in [5, 5.41) is 26.5. The standard InChI is InChI=1S/C55H94N6O22/c1-21-35-41(73-29(3)63)37(60-49(70)82-54(14,15)16)42(74-30(4)64)45(76-35)78-39-33(57-43(66)36(72-28(2)62)24-25-56-46(67)79-51(5,6)7)26-34(59-48(69)81-53(11,12)13)40(38(39)65)77-44-32(58-47(68)80-52(8,9)10)23-22-31(75-44)27-61(20)50(71)83-55(17,18)19/h31-42,44-45,65H,21-27H2,1-20H3,(H,56,67)(H,57,66)(H,58,68)(H,59,69)(H,60,70)/t31?,32?,33-,34+,35?,36+,37+,38?,39-,40?,41+,42?,44+,45+/m1/s1. The van der Waals surface area contributed by atoms with Crippen molar-refractivity contribution in [1.29, 1.82) is 0 Å². The van der Waals surface area contributed by atoms with E-state index in [4.69, 9.17) is 56.8 Å². The van der Waals surface area contributed by atoms with Crippen LogP contribution in [-0.4, -0.2) is 198 Å². The number of ether oxygens (including phenoxy) is 12. The van der Waals surface area contributed by atoms with Gasteiger partial charge in [0.1, 0.15) is 52.4 Å². The zero-order valence-electron chi connectivity index (χ0n) is 52.0. The van der Waals surface area contributed by atoms with Crippen molar-refractivity contribution in [2.75, 3.05) is 20.1 Å². The van der Waals surface area contributed by atoms with Crippen LogP contribution in [0.1, 0.15) is 164 Å². The third kappa shape index (κ3) is 25.4. The van der Waals surface area contributed by atoms with Gasteiger partial charge in [-0.3, -0.25) is 19.2 Å². The number of alkyl carbamates (subject to hydrolysis) is 4. The van der Waals surface area contributed by atoms with Gasteiger partial charge in [0.2, 0.25) is 0 Å². The van der Waals surface area contributed by atoms with E-state index in [1.807, 2.05) is 0 Å². The molecular weight excluding hydrogens is 1100 g/mol. The van der Waals surface area contributed by atoms with E-state index in [9.17, 15) is 48.3 Å². The van der Waals surface area contributed by atoms with Crippen molar-refractivity contribution in [2.24, 2.45) is 0 Å². The minimum Gasteiger partial charge on any atom is -0.457 e. The third-order valence-corrected chi connectivity index (χ3v) is 11.9. The van der Waals surface area contributed by atoms with Gasteiger partial charge >= 0.3 is 48.4 Å². The van der Waals surface area contributed by atoms with E-state index in [1.54, 1.807) is 111 Å². The number of likely N-dealkylation sites (N-methyl/N-ethyl adjacent to an activating group) is 1. The Kier molecular flexibility index (Phi) is 25.5. The molecule has 0 aromatic heterocycles. The van der Waals surface area contributed by atoms with Crippen LogP contribution >= 0.6 is 0 Å². The van der Waals surface area contributed by atoms with Crippen molar-refractivity contribution >= 4 is 54.3 Å². The van der Waals surface area contributed by atoms with Crippen LogP contribution in [0.3, 0.4) is 0 Å². The van der Waals surface area contributed by atoms with Crippen molar-refractivity contribution in [3.05, 3.63) is 0 Å². The second-order valence-corrected chi connectivity index (χ2v) is 25.7. The van der Waals surface area contributed by atoms with Gasteiger partial charge in [0.25, 0.3) is 5.91 Å². The van der Waals surface area contributed by atoms with E-state index in [0.717, 1.165) is 20.8 Å². The maximum absolute atomic E-state index is 14.6. The Labute approximate surface area is 487 Å². The quantitative estimate of drug-likeness (QED) is 0.0785. The molecule has 0 aromatic rings. The first kappa shape index (κ1) is 71.3. The number of nitrogens with zero attached hydrogens (tertiary/aromatic N) is 1. The normalized spacial score (nSPS) is 27.2. The summed E-state index contributed by atoms with van der Waals surface area (Å²) in [5.74, 6) is -3.58. The number of hydrogen-bond donors (Lipinski definition) is 6. The molecule has 6 amide bonds. The molecule has 14 atom stereocenters. The van der Waals surface area contributed by atoms with Crippen LogP contribution in [0.25, 0.3) is 0 Å². The summed E-state index contributed by atoms with van der Waals surface area (Å²) in [5.41, 5.74) is -4.79. The molecule has 476 valence electrons. The molecule has 0 spiro atoms. The molecule has 1 aliphatic carbocycles. The number of hydrogen-bond acceptors (Lipinski definition) is 22. The van der Waals surface area contributed by atoms with Crippen LogP contribution in [0.5, 0.6) is 0 Å². The fourth-order valence-corrected chi connectivity index (χ4v) is 9.00. The van der Waals surface area contributed by atoms with Gasteiger partial charge in [-0.05, 0) is 130 Å². The van der Waals surface area contributed by atoms with Gasteiger partial charge in [-0.25, -0.2) is 24.0 Å². The number of esters is 3. The lowest BCUT2D eigenvalue weighted by Crippen LogP contribution is -2.71. The molecule has 28 nitrogen and oxygen atoms in total. The van der Waals surface area contributed by atoms with E-state index in [2.05, 4.69) is 26.6 Å². The summed E-state index contributed by atoms with van der Waals surface area (Å²) in [6.07, 6.45) is -20.0. The molecule has 2 saturated heterocycles. The van der Waals surface area contributed by atoms with Crippen molar-refractivity contribution in [3.8, 4) is 0 Å². The summed E-state index contributed by atoms with van der Waals surface area (Å²) in [6, 6.07) is -5.36. The minimum absolute atomic E-state index is 0.0423. The topological polar surface area (TPSA) is 348 Å². The monoisotopic (exact) mass is 1190 g/mol. The van der Waals surface area contributed by atoms with Crippen molar-refractivity contribution in [3.63, 3.8) is 0 Å². The largest absolute Gasteiger partial charge is 0.457 e. The van der Waals surface area contributed by atoms with Crippen molar-refractivity contribution in [2.45, 2.75) is 277 Å². The summed E-state index contributed by atoms with van der Waals surface area (Å²) in [6.45, 7) is 29.3. The Morgan fingerprint density at radius 2 is 1.01 bits per heavy atom. The van der Waals surface area contributed by atoms with Crippen LogP contribution in [-0.2, 0) is 76.0 Å². The molecule has 0 aromatic carbocycles. The lowest BCUT2D eigenvalue weighted by molar-refractivity contribution is -0.316. The predicted molar refractivity (Wildman–Crippen MR) is 293 cm³/mol. The van der Waals surface area contributed by atoms with Crippen molar-refractivity contribution < 1.29 is 105 Å². The first-order chi connectivity index (χ1) is 37.9. The maximum atomic E-state index is 14.6. The highest BCUT2D eigenvalue weighted by Gasteiger charge is 2.56. The average Bonchev–Trinajstić information content (AvgIpc) is 2.00. The zero-order chi connectivity index (χ0) is 63.3. The third-order valence-electron chi connectivity index (χ3n) is 11.9. The van der Waals surface area contributed by atoms with E-state index in [1.165, 1.54) is 11.9 Å². The molecular formula is C55H94N6O22. The molecule has 2 aliphatic heterocycles. The highest BCUT2D eigenvalue weighted by molar-refractivity contribution is 5.84. The van der Waals surface area contributed by atoms with E-state index < -0.39 is 174 Å². The fourth-order valence-electron chi connectivity index (χ4n) is 9.00. The lowest BCUT2D eigenvalue weighted by atomic mass is 9.83. The summed E-state index contributed by atoms with van der Waals surface area (Å²) in [7, 11) is 1.51. The Morgan fingerprint density at radius 1 is 0.554 bits per heavy atom. The number of carbonyl (C=O) groups is 9. The fraction of sp³-hybridized carbons (Fsp3) is 0.836. The molecule has 1 saturated carbocycles. The highest BCUT2D eigenvalue weighted by Crippen LogP contribution is 2.36. The van der Waals surface area contributed by atoms with Crippen LogP contribution in [0.2, 0.25) is 0 Å². The second-order valence-electron chi connectivity index (χ2n) is 25.7. The average molecular weight is 1190 g/mol. The first-order valence-electron chi connectivity index (χ1n) is 27.9. The van der Waals surface area contributed by atoms with Gasteiger partial charge in [0.15, 0.2) is 30.9 Å². The number of carbonyl (C=O) groups excluding carboxylic acids is 9. The first-order valence-corrected chi connectivity index (χ1v) is 27.9. The molecule has 83 heavy (non-hydrogen) atoms. The summed E-state index contributed by atoms with van der Waals surface area (Å²) < 4.78 is 71.2. The van der Waals surface area contributed by atoms with E-state index in [-0.39, 0.29) is 38.8 Å². The van der Waals surface area contributed by atoms with Gasteiger partial charge < -0.3 is 93.4 Å². The predicted octanol–water partition coefficient (Wildman–Crippen LogP) is 4.90. The molecule has 3 fully saturated rings. The van der Waals surface area contributed by atoms with Gasteiger partial charge in [0, 0.05) is 47.3 Å². The summed E-state index contributed by atoms with van der Waals surface area (Å²) in [4.78, 5) is 121. The van der Waals surface area contributed by atoms with Crippen LogP contribution < -0.4 is 26.6 Å². The van der Waals surface area contributed by atoms with Crippen LogP contribution in [0.15, 0.2) is 0 Å². The number of nitrogens with one attached hydrogen (secondary N) is 5. The van der Waals surface area contributed by atoms with Crippen LogP contribution in [0, 0.1) is 0 Å². The van der Waals surface area contributed by atoms with Crippen LogP contribution in [0.4, 0.5) is 24.0 Å². The molecule has 28 heteroatoms. The van der Waals surface area contributed by atoms with Gasteiger partial charge in [-0.2, -0.15) is 0 Å². The molecule has 2 heterocycles. The molecule has 6 unspecified atom stereocenters. The number of aliphatic hydroxyl groups excluding tert-OH is 1.